The molecule has 1 amide bonds. The zero-order valence-corrected chi connectivity index (χ0v) is 16.5. The van der Waals surface area contributed by atoms with Crippen molar-refractivity contribution in [3.8, 4) is 0 Å². The average molecular weight is 370 g/mol. The van der Waals surface area contributed by atoms with Crippen LogP contribution in [0.15, 0.2) is 41.4 Å². The summed E-state index contributed by atoms with van der Waals surface area (Å²) in [6, 6.07) is 10.6. The standard InChI is InChI=1S/C21H31N5O/c1-18(27)25-16-14-24(15-17-25)13-10-23-21(22-2)26-11-8-20(9-12-26)19-6-4-3-5-7-19/h3-8H,9-17H2,1-2H3,(H,22,23). The number of carbonyl (C=O) groups excluding carboxylic acids is 1. The van der Waals surface area contributed by atoms with E-state index in [2.05, 4.69) is 56.5 Å². The minimum absolute atomic E-state index is 0.182. The Labute approximate surface area is 162 Å². The second-order valence-electron chi connectivity index (χ2n) is 7.11. The summed E-state index contributed by atoms with van der Waals surface area (Å²) in [5.41, 5.74) is 2.75. The highest BCUT2D eigenvalue weighted by Gasteiger charge is 2.19. The highest BCUT2D eigenvalue weighted by atomic mass is 16.2. The minimum atomic E-state index is 0.182. The predicted octanol–water partition coefficient (Wildman–Crippen LogP) is 1.52. The Morgan fingerprint density at radius 1 is 1.07 bits per heavy atom. The Balaban J connectivity index is 1.43. The molecule has 6 nitrogen and oxygen atoms in total. The van der Waals surface area contributed by atoms with Crippen LogP contribution in [0, 0.1) is 0 Å². The van der Waals surface area contributed by atoms with Gasteiger partial charge in [0.05, 0.1) is 0 Å². The van der Waals surface area contributed by atoms with Crippen LogP contribution in [-0.2, 0) is 4.79 Å². The lowest BCUT2D eigenvalue weighted by atomic mass is 10.00. The molecule has 1 aromatic carbocycles. The molecule has 2 heterocycles. The molecule has 0 saturated carbocycles. The van der Waals surface area contributed by atoms with Crippen molar-refractivity contribution in [3.05, 3.63) is 42.0 Å². The number of amides is 1. The fourth-order valence-corrected chi connectivity index (χ4v) is 3.72. The second-order valence-corrected chi connectivity index (χ2v) is 7.11. The molecule has 1 fully saturated rings. The Hall–Kier alpha value is -2.34. The molecule has 0 bridgehead atoms. The molecule has 0 aromatic heterocycles. The maximum atomic E-state index is 11.4. The molecule has 146 valence electrons. The summed E-state index contributed by atoms with van der Waals surface area (Å²) in [5, 5.41) is 3.50. The molecule has 6 heteroatoms. The molecule has 3 rings (SSSR count). The largest absolute Gasteiger partial charge is 0.355 e. The molecular formula is C21H31N5O. The molecular weight excluding hydrogens is 338 g/mol. The highest BCUT2D eigenvalue weighted by Crippen LogP contribution is 2.21. The number of carbonyl (C=O) groups is 1. The Morgan fingerprint density at radius 3 is 2.41 bits per heavy atom. The Kier molecular flexibility index (Phi) is 6.87. The normalized spacial score (nSPS) is 19.0. The van der Waals surface area contributed by atoms with Gasteiger partial charge in [-0.05, 0) is 17.6 Å². The van der Waals surface area contributed by atoms with E-state index in [4.69, 9.17) is 0 Å². The fraction of sp³-hybridized carbons (Fsp3) is 0.524. The lowest BCUT2D eigenvalue weighted by molar-refractivity contribution is -0.130. The third-order valence-electron chi connectivity index (χ3n) is 5.39. The van der Waals surface area contributed by atoms with Crippen LogP contribution in [0.3, 0.4) is 0 Å². The van der Waals surface area contributed by atoms with Crippen LogP contribution < -0.4 is 5.32 Å². The lowest BCUT2D eigenvalue weighted by Gasteiger charge is -2.35. The molecule has 0 radical (unpaired) electrons. The molecule has 0 aliphatic carbocycles. The van der Waals surface area contributed by atoms with E-state index < -0.39 is 0 Å². The van der Waals surface area contributed by atoms with Gasteiger partial charge in [-0.3, -0.25) is 14.7 Å². The van der Waals surface area contributed by atoms with E-state index in [-0.39, 0.29) is 5.91 Å². The summed E-state index contributed by atoms with van der Waals surface area (Å²) in [4.78, 5) is 22.5. The van der Waals surface area contributed by atoms with Gasteiger partial charge >= 0.3 is 0 Å². The summed E-state index contributed by atoms with van der Waals surface area (Å²) in [7, 11) is 1.85. The molecule has 0 spiro atoms. The monoisotopic (exact) mass is 369 g/mol. The van der Waals surface area contributed by atoms with Crippen LogP contribution in [0.4, 0.5) is 0 Å². The van der Waals surface area contributed by atoms with E-state index in [1.54, 1.807) is 6.92 Å². The minimum Gasteiger partial charge on any atom is -0.355 e. The summed E-state index contributed by atoms with van der Waals surface area (Å²) >= 11 is 0. The maximum Gasteiger partial charge on any atom is 0.219 e. The fourth-order valence-electron chi connectivity index (χ4n) is 3.72. The van der Waals surface area contributed by atoms with Gasteiger partial charge in [0.15, 0.2) is 5.96 Å². The molecule has 1 aromatic rings. The van der Waals surface area contributed by atoms with Crippen molar-refractivity contribution >= 4 is 17.4 Å². The average Bonchev–Trinajstić information content (AvgIpc) is 2.72. The van der Waals surface area contributed by atoms with Gasteiger partial charge in [0.25, 0.3) is 0 Å². The van der Waals surface area contributed by atoms with E-state index in [1.807, 2.05) is 11.9 Å². The summed E-state index contributed by atoms with van der Waals surface area (Å²) in [6.45, 7) is 8.95. The van der Waals surface area contributed by atoms with Crippen LogP contribution in [-0.4, -0.2) is 86.0 Å². The molecule has 0 unspecified atom stereocenters. The molecule has 27 heavy (non-hydrogen) atoms. The van der Waals surface area contributed by atoms with Crippen LogP contribution >= 0.6 is 0 Å². The number of hydrogen-bond acceptors (Lipinski definition) is 3. The van der Waals surface area contributed by atoms with Crippen LogP contribution in [0.5, 0.6) is 0 Å². The van der Waals surface area contributed by atoms with Gasteiger partial charge in [0.1, 0.15) is 0 Å². The van der Waals surface area contributed by atoms with Gasteiger partial charge in [-0.25, -0.2) is 0 Å². The van der Waals surface area contributed by atoms with Crippen LogP contribution in [0.2, 0.25) is 0 Å². The van der Waals surface area contributed by atoms with Crippen molar-refractivity contribution in [2.75, 3.05) is 59.4 Å². The van der Waals surface area contributed by atoms with Crippen molar-refractivity contribution in [1.29, 1.82) is 0 Å². The van der Waals surface area contributed by atoms with Crippen LogP contribution in [0.25, 0.3) is 5.57 Å². The van der Waals surface area contributed by atoms with Crippen molar-refractivity contribution < 1.29 is 4.79 Å². The first-order valence-electron chi connectivity index (χ1n) is 9.85. The van der Waals surface area contributed by atoms with Gasteiger partial charge in [-0.15, -0.1) is 0 Å². The third kappa shape index (κ3) is 5.32. The van der Waals surface area contributed by atoms with Crippen molar-refractivity contribution in [2.24, 2.45) is 4.99 Å². The smallest absolute Gasteiger partial charge is 0.219 e. The first-order chi connectivity index (χ1) is 13.2. The summed E-state index contributed by atoms with van der Waals surface area (Å²) < 4.78 is 0. The van der Waals surface area contributed by atoms with Gasteiger partial charge in [-0.1, -0.05) is 36.4 Å². The molecule has 1 saturated heterocycles. The number of rotatable bonds is 4. The first-order valence-corrected chi connectivity index (χ1v) is 9.85. The van der Waals surface area contributed by atoms with Gasteiger partial charge < -0.3 is 15.1 Å². The van der Waals surface area contributed by atoms with E-state index in [0.29, 0.717) is 0 Å². The van der Waals surface area contributed by atoms with Gasteiger partial charge in [0, 0.05) is 66.3 Å². The number of hydrogen-bond donors (Lipinski definition) is 1. The Bertz CT molecular complexity index is 677. The van der Waals surface area contributed by atoms with E-state index in [9.17, 15) is 4.79 Å². The number of nitrogens with one attached hydrogen (secondary N) is 1. The van der Waals surface area contributed by atoms with Crippen LogP contribution in [0.1, 0.15) is 18.9 Å². The maximum absolute atomic E-state index is 11.4. The van der Waals surface area contributed by atoms with E-state index in [0.717, 1.165) is 64.7 Å². The van der Waals surface area contributed by atoms with E-state index in [1.165, 1.54) is 11.1 Å². The summed E-state index contributed by atoms with van der Waals surface area (Å²) in [5.74, 6) is 1.15. The number of aliphatic imine (C=N–C) groups is 1. The molecule has 2 aliphatic heterocycles. The number of benzene rings is 1. The quantitative estimate of drug-likeness (QED) is 0.646. The zero-order chi connectivity index (χ0) is 19.1. The molecule has 1 N–H and O–H groups in total. The van der Waals surface area contributed by atoms with Gasteiger partial charge in [-0.2, -0.15) is 0 Å². The highest BCUT2D eigenvalue weighted by molar-refractivity contribution is 5.81. The molecule has 2 aliphatic rings. The molecule has 0 atom stereocenters. The van der Waals surface area contributed by atoms with Crippen molar-refractivity contribution in [2.45, 2.75) is 13.3 Å². The van der Waals surface area contributed by atoms with Crippen molar-refractivity contribution in [3.63, 3.8) is 0 Å². The SMILES string of the molecule is CN=C(NCCN1CCN(C(C)=O)CC1)N1CC=C(c2ccccc2)CC1. The number of piperazine rings is 1. The topological polar surface area (TPSA) is 51.2 Å². The Morgan fingerprint density at radius 2 is 1.81 bits per heavy atom. The van der Waals surface area contributed by atoms with E-state index >= 15 is 0 Å². The first kappa shape index (κ1) is 19.4. The number of nitrogens with zero attached hydrogens (tertiary/aromatic N) is 4. The lowest BCUT2D eigenvalue weighted by Crippen LogP contribution is -2.51. The third-order valence-corrected chi connectivity index (χ3v) is 5.39. The number of guanidine groups is 1. The summed E-state index contributed by atoms with van der Waals surface area (Å²) in [6.07, 6.45) is 3.35. The second kappa shape index (κ2) is 9.55. The van der Waals surface area contributed by atoms with Crippen molar-refractivity contribution in [1.82, 2.24) is 20.0 Å². The van der Waals surface area contributed by atoms with Gasteiger partial charge in [0.2, 0.25) is 5.91 Å². The zero-order valence-electron chi connectivity index (χ0n) is 16.5. The predicted molar refractivity (Wildman–Crippen MR) is 111 cm³/mol.